The zero-order valence-electron chi connectivity index (χ0n) is 11.7. The fourth-order valence-electron chi connectivity index (χ4n) is 3.30. The van der Waals surface area contributed by atoms with Gasteiger partial charge in [0.25, 0.3) is 0 Å². The summed E-state index contributed by atoms with van der Waals surface area (Å²) in [5.41, 5.74) is 6.31. The fourth-order valence-corrected chi connectivity index (χ4v) is 3.30. The van der Waals surface area contributed by atoms with Crippen molar-refractivity contribution < 1.29 is 0 Å². The predicted molar refractivity (Wildman–Crippen MR) is 73.9 cm³/mol. The third kappa shape index (κ3) is 3.45. The van der Waals surface area contributed by atoms with Gasteiger partial charge >= 0.3 is 0 Å². The summed E-state index contributed by atoms with van der Waals surface area (Å²) in [7, 11) is 0. The van der Waals surface area contributed by atoms with E-state index in [1.807, 2.05) is 0 Å². The molecule has 0 spiro atoms. The van der Waals surface area contributed by atoms with Gasteiger partial charge in [-0.05, 0) is 62.8 Å². The normalized spacial score (nSPS) is 35.8. The Bertz CT molecular complexity index is 227. The van der Waals surface area contributed by atoms with E-state index in [4.69, 9.17) is 5.73 Å². The fraction of sp³-hybridized carbons (Fsp3) is 1.00. The van der Waals surface area contributed by atoms with Crippen LogP contribution in [0.1, 0.15) is 58.8 Å². The second-order valence-electron chi connectivity index (χ2n) is 6.53. The van der Waals surface area contributed by atoms with Crippen LogP contribution in [0.2, 0.25) is 0 Å². The maximum Gasteiger partial charge on any atom is 0.0304 e. The molecule has 0 aliphatic heterocycles. The second kappa shape index (κ2) is 5.71. The van der Waals surface area contributed by atoms with Crippen molar-refractivity contribution in [1.29, 1.82) is 0 Å². The van der Waals surface area contributed by atoms with Gasteiger partial charge in [-0.2, -0.15) is 0 Å². The van der Waals surface area contributed by atoms with Crippen molar-refractivity contribution in [2.75, 3.05) is 13.1 Å². The molecule has 0 saturated heterocycles. The van der Waals surface area contributed by atoms with E-state index in [0.29, 0.717) is 0 Å². The van der Waals surface area contributed by atoms with Crippen molar-refractivity contribution >= 4 is 0 Å². The molecule has 1 atom stereocenters. The van der Waals surface area contributed by atoms with Gasteiger partial charge in [0.05, 0.1) is 0 Å². The van der Waals surface area contributed by atoms with E-state index in [0.717, 1.165) is 24.3 Å². The van der Waals surface area contributed by atoms with Crippen LogP contribution in [0.25, 0.3) is 0 Å². The summed E-state index contributed by atoms with van der Waals surface area (Å²) in [6.07, 6.45) is 9.59. The lowest BCUT2D eigenvalue weighted by atomic mass is 9.75. The van der Waals surface area contributed by atoms with E-state index < -0.39 is 0 Å². The van der Waals surface area contributed by atoms with Gasteiger partial charge in [0.2, 0.25) is 0 Å². The molecule has 17 heavy (non-hydrogen) atoms. The first-order valence-corrected chi connectivity index (χ1v) is 7.64. The highest BCUT2D eigenvalue weighted by atomic mass is 15.0. The van der Waals surface area contributed by atoms with Crippen LogP contribution < -0.4 is 11.1 Å². The zero-order valence-corrected chi connectivity index (χ0v) is 11.7. The molecule has 3 N–H and O–H groups in total. The Kier molecular flexibility index (Phi) is 4.48. The lowest BCUT2D eigenvalue weighted by molar-refractivity contribution is 0.182. The first kappa shape index (κ1) is 13.4. The van der Waals surface area contributed by atoms with Gasteiger partial charge in [-0.1, -0.05) is 20.3 Å². The molecule has 0 radical (unpaired) electrons. The van der Waals surface area contributed by atoms with Gasteiger partial charge < -0.3 is 11.1 Å². The maximum atomic E-state index is 6.04. The Labute approximate surface area is 107 Å². The third-order valence-electron chi connectivity index (χ3n) is 5.26. The largest absolute Gasteiger partial charge is 0.329 e. The van der Waals surface area contributed by atoms with E-state index in [1.165, 1.54) is 51.5 Å². The molecule has 2 heteroatoms. The van der Waals surface area contributed by atoms with Crippen LogP contribution in [-0.4, -0.2) is 18.6 Å². The van der Waals surface area contributed by atoms with Crippen LogP contribution in [0, 0.1) is 17.8 Å². The molecule has 2 rings (SSSR count). The number of nitrogens with two attached hydrogens (primary N) is 1. The highest BCUT2D eigenvalue weighted by Gasteiger charge is 2.35. The lowest BCUT2D eigenvalue weighted by Gasteiger charge is -2.41. The van der Waals surface area contributed by atoms with E-state index >= 15 is 0 Å². The van der Waals surface area contributed by atoms with Gasteiger partial charge in [-0.25, -0.2) is 0 Å². The molecule has 0 aromatic rings. The lowest BCUT2D eigenvalue weighted by Crippen LogP contribution is -2.54. The summed E-state index contributed by atoms with van der Waals surface area (Å²) in [5, 5.41) is 3.83. The third-order valence-corrected chi connectivity index (χ3v) is 5.26. The molecule has 2 fully saturated rings. The quantitative estimate of drug-likeness (QED) is 0.746. The summed E-state index contributed by atoms with van der Waals surface area (Å²) in [4.78, 5) is 0. The van der Waals surface area contributed by atoms with Crippen LogP contribution in [0.15, 0.2) is 0 Å². The number of rotatable bonds is 6. The first-order chi connectivity index (χ1) is 8.19. The Hall–Kier alpha value is -0.0800. The van der Waals surface area contributed by atoms with Crippen LogP contribution in [0.5, 0.6) is 0 Å². The Balaban J connectivity index is 1.78. The van der Waals surface area contributed by atoms with E-state index in [2.05, 4.69) is 19.2 Å². The Morgan fingerprint density at radius 2 is 1.88 bits per heavy atom. The van der Waals surface area contributed by atoms with Gasteiger partial charge in [0.15, 0.2) is 0 Å². The summed E-state index contributed by atoms with van der Waals surface area (Å²) in [5.74, 6) is 2.81. The monoisotopic (exact) mass is 238 g/mol. The molecule has 2 aliphatic carbocycles. The molecule has 0 aromatic heterocycles. The highest BCUT2D eigenvalue weighted by molar-refractivity contribution is 4.94. The van der Waals surface area contributed by atoms with Crippen molar-refractivity contribution in [3.8, 4) is 0 Å². The van der Waals surface area contributed by atoms with E-state index in [9.17, 15) is 0 Å². The van der Waals surface area contributed by atoms with E-state index in [-0.39, 0.29) is 5.54 Å². The molecule has 0 amide bonds. The minimum atomic E-state index is 0.273. The van der Waals surface area contributed by atoms with Gasteiger partial charge in [-0.3, -0.25) is 0 Å². The maximum absolute atomic E-state index is 6.04. The zero-order chi connectivity index (χ0) is 12.3. The van der Waals surface area contributed by atoms with Crippen LogP contribution in [0.4, 0.5) is 0 Å². The molecular weight excluding hydrogens is 208 g/mol. The molecular formula is C15H30N2. The van der Waals surface area contributed by atoms with Gasteiger partial charge in [-0.15, -0.1) is 0 Å². The van der Waals surface area contributed by atoms with Crippen LogP contribution in [-0.2, 0) is 0 Å². The Morgan fingerprint density at radius 1 is 1.24 bits per heavy atom. The average Bonchev–Trinajstić information content (AvgIpc) is 3.21. The van der Waals surface area contributed by atoms with Crippen molar-refractivity contribution in [3.05, 3.63) is 0 Å². The van der Waals surface area contributed by atoms with Gasteiger partial charge in [0.1, 0.15) is 0 Å². The summed E-state index contributed by atoms with van der Waals surface area (Å²) >= 11 is 0. The Morgan fingerprint density at radius 3 is 2.35 bits per heavy atom. The number of hydrogen-bond donors (Lipinski definition) is 2. The number of nitrogens with one attached hydrogen (secondary N) is 1. The molecule has 0 heterocycles. The second-order valence-corrected chi connectivity index (χ2v) is 6.53. The molecule has 2 saturated carbocycles. The summed E-state index contributed by atoms with van der Waals surface area (Å²) in [6.45, 7) is 6.72. The standard InChI is InChI=1S/C15H30N2/c1-3-13-6-8-15(11-16,9-7-13)17-10-12(2)14-4-5-14/h12-14,17H,3-11,16H2,1-2H3. The minimum Gasteiger partial charge on any atom is -0.329 e. The van der Waals surface area contributed by atoms with Crippen molar-refractivity contribution in [2.45, 2.75) is 64.3 Å². The molecule has 2 nitrogen and oxygen atoms in total. The van der Waals surface area contributed by atoms with Crippen LogP contribution in [0.3, 0.4) is 0 Å². The first-order valence-electron chi connectivity index (χ1n) is 7.64. The van der Waals surface area contributed by atoms with Gasteiger partial charge in [0, 0.05) is 12.1 Å². The predicted octanol–water partition coefficient (Wildman–Crippen LogP) is 2.92. The summed E-state index contributed by atoms with van der Waals surface area (Å²) < 4.78 is 0. The van der Waals surface area contributed by atoms with E-state index in [1.54, 1.807) is 0 Å². The molecule has 2 aliphatic rings. The smallest absolute Gasteiger partial charge is 0.0304 e. The van der Waals surface area contributed by atoms with Crippen molar-refractivity contribution in [3.63, 3.8) is 0 Å². The minimum absolute atomic E-state index is 0.273. The number of hydrogen-bond acceptors (Lipinski definition) is 2. The topological polar surface area (TPSA) is 38.0 Å². The molecule has 100 valence electrons. The molecule has 1 unspecified atom stereocenters. The van der Waals surface area contributed by atoms with Crippen molar-refractivity contribution in [1.82, 2.24) is 5.32 Å². The molecule has 0 bridgehead atoms. The SMILES string of the molecule is CCC1CCC(CN)(NCC(C)C2CC2)CC1. The summed E-state index contributed by atoms with van der Waals surface area (Å²) in [6, 6.07) is 0. The van der Waals surface area contributed by atoms with Crippen LogP contribution >= 0.6 is 0 Å². The molecule has 0 aromatic carbocycles. The average molecular weight is 238 g/mol. The highest BCUT2D eigenvalue weighted by Crippen LogP contribution is 2.37. The van der Waals surface area contributed by atoms with Crippen molar-refractivity contribution in [2.24, 2.45) is 23.5 Å².